The smallest absolute Gasteiger partial charge is 0.275 e. The zero-order chi connectivity index (χ0) is 20.1. The van der Waals surface area contributed by atoms with E-state index in [1.807, 2.05) is 0 Å². The number of carbonyl (C=O) groups is 2. The Morgan fingerprint density at radius 3 is 2.64 bits per heavy atom. The molecule has 1 aromatic carbocycles. The lowest BCUT2D eigenvalue weighted by atomic mass is 9.97. The minimum Gasteiger partial charge on any atom is -0.379 e. The van der Waals surface area contributed by atoms with E-state index in [4.69, 9.17) is 4.74 Å². The number of alkyl halides is 2. The van der Waals surface area contributed by atoms with Crippen molar-refractivity contribution in [3.05, 3.63) is 35.9 Å². The molecule has 0 saturated carbocycles. The van der Waals surface area contributed by atoms with Gasteiger partial charge in [-0.2, -0.15) is 0 Å². The average Bonchev–Trinajstić information content (AvgIpc) is 2.77. The first kappa shape index (κ1) is 20.4. The first-order chi connectivity index (χ1) is 13.4. The molecule has 8 heteroatoms. The van der Waals surface area contributed by atoms with E-state index in [0.29, 0.717) is 32.0 Å². The third kappa shape index (κ3) is 4.74. The molecule has 0 aromatic heterocycles. The summed E-state index contributed by atoms with van der Waals surface area (Å²) in [5.74, 6) is -4.07. The van der Waals surface area contributed by atoms with Crippen molar-refractivity contribution in [2.75, 3.05) is 50.8 Å². The number of ether oxygens (including phenoxy) is 1. The van der Waals surface area contributed by atoms with E-state index in [1.54, 1.807) is 18.2 Å². The molecule has 0 radical (unpaired) electrons. The summed E-state index contributed by atoms with van der Waals surface area (Å²) in [6, 6.07) is 6.47. The Hall–Kier alpha value is -2.32. The van der Waals surface area contributed by atoms with E-state index in [2.05, 4.69) is 10.2 Å². The molecule has 6 nitrogen and oxygen atoms in total. The fourth-order valence-corrected chi connectivity index (χ4v) is 3.50. The molecular weight excluding hydrogens is 368 g/mol. The number of hydrogen-bond donors (Lipinski definition) is 1. The van der Waals surface area contributed by atoms with Gasteiger partial charge in [0.2, 0.25) is 11.8 Å². The van der Waals surface area contributed by atoms with Crippen molar-refractivity contribution in [3.8, 4) is 0 Å². The monoisotopic (exact) mass is 393 g/mol. The Labute approximate surface area is 163 Å². The number of para-hydroxylation sites is 1. The van der Waals surface area contributed by atoms with Crippen LogP contribution in [0, 0.1) is 0 Å². The van der Waals surface area contributed by atoms with Gasteiger partial charge in [-0.25, -0.2) is 8.78 Å². The summed E-state index contributed by atoms with van der Waals surface area (Å²) in [5, 5.41) is 2.69. The maximum absolute atomic E-state index is 14.8. The van der Waals surface area contributed by atoms with E-state index in [-0.39, 0.29) is 23.6 Å². The highest BCUT2D eigenvalue weighted by Crippen LogP contribution is 2.42. The Bertz CT molecular complexity index is 761. The molecule has 2 heterocycles. The number of benzene rings is 1. The van der Waals surface area contributed by atoms with Gasteiger partial charge < -0.3 is 15.0 Å². The van der Waals surface area contributed by atoms with E-state index >= 15 is 0 Å². The predicted molar refractivity (Wildman–Crippen MR) is 102 cm³/mol. The lowest BCUT2D eigenvalue weighted by molar-refractivity contribution is -0.117. The zero-order valence-electron chi connectivity index (χ0n) is 15.9. The van der Waals surface area contributed by atoms with E-state index in [1.165, 1.54) is 17.9 Å². The quantitative estimate of drug-likeness (QED) is 0.794. The lowest BCUT2D eigenvalue weighted by Crippen LogP contribution is -2.41. The number of nitrogens with one attached hydrogen (secondary N) is 1. The fourth-order valence-electron chi connectivity index (χ4n) is 3.50. The number of rotatable bonds is 4. The summed E-state index contributed by atoms with van der Waals surface area (Å²) in [6.45, 7) is 5.17. The molecule has 28 heavy (non-hydrogen) atoms. The van der Waals surface area contributed by atoms with Gasteiger partial charge in [0, 0.05) is 63.3 Å². The van der Waals surface area contributed by atoms with Crippen LogP contribution in [-0.2, 0) is 14.3 Å². The van der Waals surface area contributed by atoms with Gasteiger partial charge in [-0.3, -0.25) is 14.5 Å². The summed E-state index contributed by atoms with van der Waals surface area (Å²) in [5.41, 5.74) is 0.263. The number of halogens is 2. The number of anilines is 1. The van der Waals surface area contributed by atoms with Gasteiger partial charge in [-0.05, 0) is 6.07 Å². The van der Waals surface area contributed by atoms with Gasteiger partial charge in [0.1, 0.15) is 0 Å². The number of carbonyl (C=O) groups excluding carboxylic acids is 2. The third-order valence-electron chi connectivity index (χ3n) is 5.01. The second kappa shape index (κ2) is 8.79. The Kier molecular flexibility index (Phi) is 6.41. The Morgan fingerprint density at radius 2 is 1.93 bits per heavy atom. The summed E-state index contributed by atoms with van der Waals surface area (Å²) in [6.07, 6.45) is 0.440. The van der Waals surface area contributed by atoms with Crippen LogP contribution in [0.3, 0.4) is 0 Å². The van der Waals surface area contributed by atoms with Crippen molar-refractivity contribution in [3.63, 3.8) is 0 Å². The minimum atomic E-state index is -3.21. The van der Waals surface area contributed by atoms with Crippen LogP contribution in [0.5, 0.6) is 0 Å². The zero-order valence-corrected chi connectivity index (χ0v) is 15.9. The fraction of sp³-hybridized carbons (Fsp3) is 0.500. The van der Waals surface area contributed by atoms with Crippen LogP contribution >= 0.6 is 0 Å². The van der Waals surface area contributed by atoms with Crippen molar-refractivity contribution in [1.82, 2.24) is 10.2 Å². The molecule has 2 amide bonds. The van der Waals surface area contributed by atoms with Gasteiger partial charge in [-0.15, -0.1) is 0 Å². The van der Waals surface area contributed by atoms with Crippen molar-refractivity contribution in [2.24, 2.45) is 0 Å². The van der Waals surface area contributed by atoms with Crippen LogP contribution < -0.4 is 10.2 Å². The van der Waals surface area contributed by atoms with Gasteiger partial charge in [0.15, 0.2) is 0 Å². The predicted octanol–water partition coefficient (Wildman–Crippen LogP) is 1.91. The molecule has 0 bridgehead atoms. The number of nitrogens with zero attached hydrogens (tertiary/aromatic N) is 2. The van der Waals surface area contributed by atoms with Crippen LogP contribution in [0.15, 0.2) is 30.3 Å². The minimum absolute atomic E-state index is 0.102. The van der Waals surface area contributed by atoms with Gasteiger partial charge in [-0.1, -0.05) is 18.2 Å². The molecule has 1 aromatic rings. The molecule has 152 valence electrons. The van der Waals surface area contributed by atoms with Crippen molar-refractivity contribution >= 4 is 23.1 Å². The first-order valence-electron chi connectivity index (χ1n) is 9.44. The maximum Gasteiger partial charge on any atom is 0.275 e. The summed E-state index contributed by atoms with van der Waals surface area (Å²) >= 11 is 0. The maximum atomic E-state index is 14.8. The molecule has 1 N–H and O–H groups in total. The van der Waals surface area contributed by atoms with E-state index in [0.717, 1.165) is 19.2 Å². The molecule has 0 unspecified atom stereocenters. The Balaban J connectivity index is 1.77. The molecule has 0 spiro atoms. The number of hydrogen-bond acceptors (Lipinski definition) is 4. The molecule has 0 atom stereocenters. The second-order valence-electron chi connectivity index (χ2n) is 6.95. The Morgan fingerprint density at radius 1 is 1.21 bits per heavy atom. The average molecular weight is 393 g/mol. The normalized spacial score (nSPS) is 21.1. The summed E-state index contributed by atoms with van der Waals surface area (Å²) < 4.78 is 34.9. The highest BCUT2D eigenvalue weighted by Gasteiger charge is 2.40. The standard InChI is InChI=1S/C20H25F2N3O3/c1-15(26)25-8-6-20(21,22)17(16-4-2-3-5-18(16)25)14-19(27)23-7-9-24-10-12-28-13-11-24/h2-5,14H,6-13H2,1H3,(H,23,27)/b17-14+. The van der Waals surface area contributed by atoms with Gasteiger partial charge in [0.25, 0.3) is 5.92 Å². The number of allylic oxidation sites excluding steroid dienone is 1. The van der Waals surface area contributed by atoms with Crippen molar-refractivity contribution < 1.29 is 23.1 Å². The van der Waals surface area contributed by atoms with Crippen LogP contribution in [0.1, 0.15) is 18.9 Å². The highest BCUT2D eigenvalue weighted by atomic mass is 19.3. The van der Waals surface area contributed by atoms with Crippen molar-refractivity contribution in [1.29, 1.82) is 0 Å². The van der Waals surface area contributed by atoms with Gasteiger partial charge >= 0.3 is 0 Å². The number of morpholine rings is 1. The van der Waals surface area contributed by atoms with Gasteiger partial charge in [0.05, 0.1) is 18.9 Å². The molecule has 2 aliphatic rings. The number of amides is 2. The lowest BCUT2D eigenvalue weighted by Gasteiger charge is -2.26. The summed E-state index contributed by atoms with van der Waals surface area (Å²) in [4.78, 5) is 27.7. The van der Waals surface area contributed by atoms with Crippen LogP contribution in [0.2, 0.25) is 0 Å². The third-order valence-corrected chi connectivity index (χ3v) is 5.01. The SMILES string of the molecule is CC(=O)N1CCC(F)(F)/C(=C/C(=O)NCCN2CCOCC2)c2ccccc21. The molecular formula is C20H25F2N3O3. The van der Waals surface area contributed by atoms with Crippen LogP contribution in [0.4, 0.5) is 14.5 Å². The first-order valence-corrected chi connectivity index (χ1v) is 9.44. The second-order valence-corrected chi connectivity index (χ2v) is 6.95. The van der Waals surface area contributed by atoms with E-state index in [9.17, 15) is 18.4 Å². The summed E-state index contributed by atoms with van der Waals surface area (Å²) in [7, 11) is 0. The molecule has 0 aliphatic carbocycles. The highest BCUT2D eigenvalue weighted by molar-refractivity contribution is 6.01. The molecule has 1 saturated heterocycles. The van der Waals surface area contributed by atoms with Crippen LogP contribution in [0.25, 0.3) is 5.57 Å². The van der Waals surface area contributed by atoms with E-state index < -0.39 is 18.3 Å². The largest absolute Gasteiger partial charge is 0.379 e. The molecule has 2 aliphatic heterocycles. The van der Waals surface area contributed by atoms with Crippen molar-refractivity contribution in [2.45, 2.75) is 19.3 Å². The number of fused-ring (bicyclic) bond motifs is 1. The topological polar surface area (TPSA) is 61.9 Å². The van der Waals surface area contributed by atoms with Crippen LogP contribution in [-0.4, -0.2) is 68.6 Å². The molecule has 1 fully saturated rings. The molecule has 3 rings (SSSR count).